The van der Waals surface area contributed by atoms with Crippen LogP contribution in [0.25, 0.3) is 10.9 Å². The Hall–Kier alpha value is -2.17. The van der Waals surface area contributed by atoms with Gasteiger partial charge in [-0.2, -0.15) is 0 Å². The molecule has 0 saturated heterocycles. The first-order chi connectivity index (χ1) is 8.72. The van der Waals surface area contributed by atoms with Crippen LogP contribution in [0.1, 0.15) is 30.3 Å². The summed E-state index contributed by atoms with van der Waals surface area (Å²) < 4.78 is 0. The number of para-hydroxylation sites is 1. The highest BCUT2D eigenvalue weighted by Gasteiger charge is 2.12. The number of unbranched alkanes of at least 4 members (excludes halogenated alkanes) is 1. The number of carbonyl (C=O) groups excluding carboxylic acids is 1. The predicted octanol–water partition coefficient (Wildman–Crippen LogP) is 1.74. The van der Waals surface area contributed by atoms with E-state index in [4.69, 9.17) is 5.73 Å². The number of anilines is 1. The van der Waals surface area contributed by atoms with Crippen LogP contribution in [0, 0.1) is 0 Å². The summed E-state index contributed by atoms with van der Waals surface area (Å²) in [5.74, 6) is -0.0805. The molecule has 94 valence electrons. The Labute approximate surface area is 105 Å². The zero-order chi connectivity index (χ0) is 13.0. The zero-order valence-corrected chi connectivity index (χ0v) is 10.3. The smallest absolute Gasteiger partial charge is 0.270 e. The van der Waals surface area contributed by atoms with Crippen LogP contribution in [0.2, 0.25) is 0 Å². The Morgan fingerprint density at radius 1 is 1.33 bits per heavy atom. The predicted molar refractivity (Wildman–Crippen MR) is 71.2 cm³/mol. The molecule has 2 rings (SSSR count). The number of nitrogens with one attached hydrogen (secondary N) is 1. The number of hydrogen-bond acceptors (Lipinski definition) is 4. The summed E-state index contributed by atoms with van der Waals surface area (Å²) in [5, 5.41) is 3.56. The summed E-state index contributed by atoms with van der Waals surface area (Å²) in [4.78, 5) is 20.2. The van der Waals surface area contributed by atoms with Crippen molar-refractivity contribution in [1.82, 2.24) is 15.3 Å². The lowest BCUT2D eigenvalue weighted by Crippen LogP contribution is -2.26. The van der Waals surface area contributed by atoms with E-state index in [1.165, 1.54) is 0 Å². The van der Waals surface area contributed by atoms with Crippen molar-refractivity contribution in [2.75, 3.05) is 12.3 Å². The highest BCUT2D eigenvalue weighted by atomic mass is 16.1. The van der Waals surface area contributed by atoms with Gasteiger partial charge in [-0.1, -0.05) is 31.5 Å². The molecule has 0 aliphatic heterocycles. The summed E-state index contributed by atoms with van der Waals surface area (Å²) in [7, 11) is 0. The first kappa shape index (κ1) is 12.3. The standard InChI is InChI=1S/C13H16N4O/c1-2-3-8-15-12(18)11-9-6-4-5-7-10(9)16-13(14)17-11/h4-7H,2-3,8H2,1H3,(H,15,18)(H2,14,16,17). The monoisotopic (exact) mass is 244 g/mol. The molecule has 0 fully saturated rings. The van der Waals surface area contributed by atoms with Crippen molar-refractivity contribution in [3.63, 3.8) is 0 Å². The van der Waals surface area contributed by atoms with E-state index in [0.29, 0.717) is 17.8 Å². The van der Waals surface area contributed by atoms with Crippen LogP contribution < -0.4 is 11.1 Å². The number of carbonyl (C=O) groups is 1. The van der Waals surface area contributed by atoms with Gasteiger partial charge in [0.15, 0.2) is 0 Å². The van der Waals surface area contributed by atoms with Gasteiger partial charge in [-0.05, 0) is 12.5 Å². The molecule has 0 radical (unpaired) electrons. The second-order valence-electron chi connectivity index (χ2n) is 4.06. The number of fused-ring (bicyclic) bond motifs is 1. The molecule has 0 bridgehead atoms. The van der Waals surface area contributed by atoms with E-state index in [1.54, 1.807) is 0 Å². The maximum Gasteiger partial charge on any atom is 0.270 e. The van der Waals surface area contributed by atoms with E-state index < -0.39 is 0 Å². The molecule has 0 saturated carbocycles. The number of amides is 1. The van der Waals surface area contributed by atoms with Crippen LogP contribution in [-0.4, -0.2) is 22.4 Å². The van der Waals surface area contributed by atoms with Gasteiger partial charge in [0.05, 0.1) is 5.52 Å². The lowest BCUT2D eigenvalue weighted by atomic mass is 10.2. The molecule has 0 aliphatic rings. The van der Waals surface area contributed by atoms with Crippen LogP contribution in [0.3, 0.4) is 0 Å². The minimum atomic E-state index is -0.200. The van der Waals surface area contributed by atoms with Crippen molar-refractivity contribution in [3.8, 4) is 0 Å². The van der Waals surface area contributed by atoms with Gasteiger partial charge in [0.2, 0.25) is 5.95 Å². The molecule has 1 aromatic carbocycles. The lowest BCUT2D eigenvalue weighted by molar-refractivity contribution is 0.0950. The maximum atomic E-state index is 12.0. The Morgan fingerprint density at radius 3 is 2.89 bits per heavy atom. The van der Waals surface area contributed by atoms with Crippen molar-refractivity contribution in [3.05, 3.63) is 30.0 Å². The van der Waals surface area contributed by atoms with Crippen molar-refractivity contribution in [1.29, 1.82) is 0 Å². The van der Waals surface area contributed by atoms with Crippen molar-refractivity contribution < 1.29 is 4.79 Å². The van der Waals surface area contributed by atoms with Crippen LogP contribution >= 0.6 is 0 Å². The Balaban J connectivity index is 2.34. The van der Waals surface area contributed by atoms with Crippen molar-refractivity contribution in [2.45, 2.75) is 19.8 Å². The number of aromatic nitrogens is 2. The molecule has 0 aliphatic carbocycles. The molecule has 0 atom stereocenters. The number of rotatable bonds is 4. The van der Waals surface area contributed by atoms with E-state index in [-0.39, 0.29) is 11.9 Å². The van der Waals surface area contributed by atoms with Gasteiger partial charge in [0.1, 0.15) is 5.69 Å². The molecule has 1 heterocycles. The molecule has 0 spiro atoms. The number of nitrogens with two attached hydrogens (primary N) is 1. The van der Waals surface area contributed by atoms with Gasteiger partial charge >= 0.3 is 0 Å². The van der Waals surface area contributed by atoms with Crippen LogP contribution in [0.4, 0.5) is 5.95 Å². The van der Waals surface area contributed by atoms with Crippen LogP contribution in [0.5, 0.6) is 0 Å². The third-order valence-corrected chi connectivity index (χ3v) is 2.65. The number of nitrogen functional groups attached to an aromatic ring is 1. The minimum Gasteiger partial charge on any atom is -0.368 e. The van der Waals surface area contributed by atoms with Crippen LogP contribution in [0.15, 0.2) is 24.3 Å². The Morgan fingerprint density at radius 2 is 2.11 bits per heavy atom. The number of benzene rings is 1. The molecule has 0 unspecified atom stereocenters. The SMILES string of the molecule is CCCCNC(=O)c1nc(N)nc2ccccc12. The van der Waals surface area contributed by atoms with Gasteiger partial charge in [-0.25, -0.2) is 9.97 Å². The second-order valence-corrected chi connectivity index (χ2v) is 4.06. The average Bonchev–Trinajstić information content (AvgIpc) is 2.38. The molecule has 5 heteroatoms. The zero-order valence-electron chi connectivity index (χ0n) is 10.3. The Bertz CT molecular complexity index is 568. The summed E-state index contributed by atoms with van der Waals surface area (Å²) in [6, 6.07) is 7.35. The molecule has 1 amide bonds. The third-order valence-electron chi connectivity index (χ3n) is 2.65. The first-order valence-corrected chi connectivity index (χ1v) is 6.03. The molecule has 5 nitrogen and oxygen atoms in total. The fourth-order valence-corrected chi connectivity index (χ4v) is 1.73. The maximum absolute atomic E-state index is 12.0. The summed E-state index contributed by atoms with van der Waals surface area (Å²) in [6.45, 7) is 2.72. The quantitative estimate of drug-likeness (QED) is 0.803. The molecule has 2 aromatic rings. The van der Waals surface area contributed by atoms with Gasteiger partial charge in [0.25, 0.3) is 5.91 Å². The summed E-state index contributed by atoms with van der Waals surface area (Å²) in [6.07, 6.45) is 1.98. The fourth-order valence-electron chi connectivity index (χ4n) is 1.73. The molecule has 18 heavy (non-hydrogen) atoms. The first-order valence-electron chi connectivity index (χ1n) is 6.03. The molecule has 3 N–H and O–H groups in total. The highest BCUT2D eigenvalue weighted by molar-refractivity contribution is 6.04. The van der Waals surface area contributed by atoms with Gasteiger partial charge in [0, 0.05) is 11.9 Å². The molecule has 1 aromatic heterocycles. The third kappa shape index (κ3) is 2.56. The van der Waals surface area contributed by atoms with E-state index >= 15 is 0 Å². The lowest BCUT2D eigenvalue weighted by Gasteiger charge is -2.07. The van der Waals surface area contributed by atoms with E-state index in [0.717, 1.165) is 18.2 Å². The van der Waals surface area contributed by atoms with Crippen LogP contribution in [-0.2, 0) is 0 Å². The van der Waals surface area contributed by atoms with Gasteiger partial charge < -0.3 is 11.1 Å². The topological polar surface area (TPSA) is 80.9 Å². The highest BCUT2D eigenvalue weighted by Crippen LogP contribution is 2.16. The van der Waals surface area contributed by atoms with E-state index in [1.807, 2.05) is 24.3 Å². The van der Waals surface area contributed by atoms with E-state index in [2.05, 4.69) is 22.2 Å². The minimum absolute atomic E-state index is 0.120. The largest absolute Gasteiger partial charge is 0.368 e. The van der Waals surface area contributed by atoms with E-state index in [9.17, 15) is 4.79 Å². The average molecular weight is 244 g/mol. The molecular weight excluding hydrogens is 228 g/mol. The second kappa shape index (κ2) is 5.44. The van der Waals surface area contributed by atoms with Crippen molar-refractivity contribution >= 4 is 22.8 Å². The number of nitrogens with zero attached hydrogens (tertiary/aromatic N) is 2. The van der Waals surface area contributed by atoms with Crippen molar-refractivity contribution in [2.24, 2.45) is 0 Å². The Kier molecular flexibility index (Phi) is 3.72. The van der Waals surface area contributed by atoms with Gasteiger partial charge in [-0.15, -0.1) is 0 Å². The normalized spacial score (nSPS) is 10.5. The number of hydrogen-bond donors (Lipinski definition) is 2. The fraction of sp³-hybridized carbons (Fsp3) is 0.308. The summed E-state index contributed by atoms with van der Waals surface area (Å²) in [5.41, 5.74) is 6.64. The van der Waals surface area contributed by atoms with Gasteiger partial charge in [-0.3, -0.25) is 4.79 Å². The summed E-state index contributed by atoms with van der Waals surface area (Å²) >= 11 is 0. The molecular formula is C13H16N4O.